The number of likely N-dealkylation sites (N-methyl/N-ethyl adjacent to an activating group) is 1. The van der Waals surface area contributed by atoms with E-state index in [2.05, 4.69) is 32.2 Å². The lowest BCUT2D eigenvalue weighted by Crippen LogP contribution is -2.51. The zero-order valence-corrected chi connectivity index (χ0v) is 24.1. The van der Waals surface area contributed by atoms with Gasteiger partial charge in [0, 0.05) is 36.5 Å². The molecule has 2 amide bonds. The molecular formula is C31H36N2O5Si. The maximum Gasteiger partial charge on any atom is 0.264 e. The first-order valence-electron chi connectivity index (χ1n) is 13.4. The Labute approximate surface area is 231 Å². The van der Waals surface area contributed by atoms with E-state index in [1.165, 1.54) is 5.19 Å². The molecule has 4 atom stereocenters. The van der Waals surface area contributed by atoms with E-state index < -0.39 is 13.7 Å². The Morgan fingerprint density at radius 1 is 1.08 bits per heavy atom. The number of aliphatic hydroxyl groups excluding tert-OH is 1. The molecule has 39 heavy (non-hydrogen) atoms. The zero-order chi connectivity index (χ0) is 27.9. The third kappa shape index (κ3) is 4.18. The highest BCUT2D eigenvalue weighted by Crippen LogP contribution is 2.60. The van der Waals surface area contributed by atoms with Crippen LogP contribution in [0.4, 0.5) is 17.1 Å². The molecule has 0 bridgehead atoms. The second-order valence-electron chi connectivity index (χ2n) is 11.0. The van der Waals surface area contributed by atoms with Crippen molar-refractivity contribution >= 4 is 42.6 Å². The van der Waals surface area contributed by atoms with Crippen LogP contribution in [-0.2, 0) is 19.9 Å². The summed E-state index contributed by atoms with van der Waals surface area (Å²) < 4.78 is 12.2. The highest BCUT2D eigenvalue weighted by atomic mass is 28.3. The summed E-state index contributed by atoms with van der Waals surface area (Å²) in [6.07, 6.45) is 0.942. The number of nitrogens with zero attached hydrogens (tertiary/aromatic N) is 2. The Kier molecular flexibility index (Phi) is 7.13. The van der Waals surface area contributed by atoms with Gasteiger partial charge in [-0.3, -0.25) is 14.5 Å². The summed E-state index contributed by atoms with van der Waals surface area (Å²) in [7, 11) is 1.20. The average molecular weight is 545 g/mol. The zero-order valence-electron chi connectivity index (χ0n) is 23.1. The standard InChI is InChI=1S/C31H36N2O5Si/c1-21-29(39(4,5)25-14-12-24(37-3)13-15-25)28(17-18-34)38-31(21)26-19-23(11-16-27(26)32(2)30(31)36)33(20-35)22-9-7-6-8-10-22/h6-16,19-21,28-29,34H,17-18H2,1-5H3/t21-,28+,29-,31+/m1/s1. The van der Waals surface area contributed by atoms with Crippen LogP contribution >= 0.6 is 0 Å². The largest absolute Gasteiger partial charge is 0.497 e. The fourth-order valence-corrected chi connectivity index (χ4v) is 10.9. The molecule has 1 saturated heterocycles. The van der Waals surface area contributed by atoms with Crippen molar-refractivity contribution in [3.05, 3.63) is 78.4 Å². The van der Waals surface area contributed by atoms with Gasteiger partial charge in [0.2, 0.25) is 6.41 Å². The van der Waals surface area contributed by atoms with Crippen molar-refractivity contribution in [3.8, 4) is 5.75 Å². The number of hydrogen-bond donors (Lipinski definition) is 1. The number of fused-ring (bicyclic) bond motifs is 2. The highest BCUT2D eigenvalue weighted by molar-refractivity contribution is 6.91. The molecule has 2 aliphatic rings. The Morgan fingerprint density at radius 3 is 2.38 bits per heavy atom. The molecule has 3 aromatic rings. The predicted molar refractivity (Wildman–Crippen MR) is 156 cm³/mol. The van der Waals surface area contributed by atoms with Gasteiger partial charge in [-0.25, -0.2) is 0 Å². The molecule has 0 aliphatic carbocycles. The van der Waals surface area contributed by atoms with Gasteiger partial charge in [0.15, 0.2) is 5.60 Å². The van der Waals surface area contributed by atoms with Crippen LogP contribution in [0.3, 0.4) is 0 Å². The topological polar surface area (TPSA) is 79.3 Å². The molecule has 204 valence electrons. The first-order chi connectivity index (χ1) is 18.7. The van der Waals surface area contributed by atoms with Gasteiger partial charge in [-0.05, 0) is 54.4 Å². The van der Waals surface area contributed by atoms with Gasteiger partial charge in [-0.15, -0.1) is 0 Å². The summed E-state index contributed by atoms with van der Waals surface area (Å²) in [6, 6.07) is 23.3. The monoisotopic (exact) mass is 544 g/mol. The summed E-state index contributed by atoms with van der Waals surface area (Å²) in [4.78, 5) is 29.6. The number of para-hydroxylation sites is 1. The maximum atomic E-state index is 14.1. The Bertz CT molecular complexity index is 1360. The minimum Gasteiger partial charge on any atom is -0.497 e. The molecule has 0 aromatic heterocycles. The fraction of sp³-hybridized carbons (Fsp3) is 0.355. The molecule has 0 saturated carbocycles. The van der Waals surface area contributed by atoms with Gasteiger partial charge < -0.3 is 19.5 Å². The Hall–Kier alpha value is -3.46. The van der Waals surface area contributed by atoms with E-state index in [4.69, 9.17) is 9.47 Å². The summed E-state index contributed by atoms with van der Waals surface area (Å²) in [5.74, 6) is 0.532. The summed E-state index contributed by atoms with van der Waals surface area (Å²) in [5.41, 5.74) is 1.81. The van der Waals surface area contributed by atoms with E-state index in [0.29, 0.717) is 12.1 Å². The summed E-state index contributed by atoms with van der Waals surface area (Å²) in [5, 5.41) is 11.3. The molecule has 1 spiro atoms. The lowest BCUT2D eigenvalue weighted by molar-refractivity contribution is -0.145. The van der Waals surface area contributed by atoms with Gasteiger partial charge in [-0.1, -0.05) is 55.5 Å². The Balaban J connectivity index is 1.62. The van der Waals surface area contributed by atoms with E-state index in [9.17, 15) is 14.7 Å². The van der Waals surface area contributed by atoms with Crippen LogP contribution < -0.4 is 19.7 Å². The second kappa shape index (κ2) is 10.3. The van der Waals surface area contributed by atoms with Crippen molar-refractivity contribution in [2.24, 2.45) is 5.92 Å². The average Bonchev–Trinajstić information content (AvgIpc) is 3.36. The van der Waals surface area contributed by atoms with Crippen molar-refractivity contribution in [3.63, 3.8) is 0 Å². The molecule has 2 heterocycles. The van der Waals surface area contributed by atoms with Crippen LogP contribution in [0.25, 0.3) is 0 Å². The number of hydrogen-bond acceptors (Lipinski definition) is 5. The van der Waals surface area contributed by atoms with Crippen molar-refractivity contribution in [2.75, 3.05) is 30.6 Å². The van der Waals surface area contributed by atoms with Crippen LogP contribution in [0.15, 0.2) is 72.8 Å². The summed E-state index contributed by atoms with van der Waals surface area (Å²) >= 11 is 0. The van der Waals surface area contributed by atoms with E-state index in [1.807, 2.05) is 60.7 Å². The van der Waals surface area contributed by atoms with Crippen molar-refractivity contribution in [1.29, 1.82) is 0 Å². The normalized spacial score (nSPS) is 24.2. The van der Waals surface area contributed by atoms with Crippen molar-refractivity contribution < 1.29 is 24.2 Å². The highest BCUT2D eigenvalue weighted by Gasteiger charge is 2.65. The second-order valence-corrected chi connectivity index (χ2v) is 15.7. The number of carbonyl (C=O) groups excluding carboxylic acids is 2. The number of amides is 2. The number of aliphatic hydroxyl groups is 1. The van der Waals surface area contributed by atoms with Crippen molar-refractivity contribution in [1.82, 2.24) is 0 Å². The maximum absolute atomic E-state index is 14.1. The van der Waals surface area contributed by atoms with Gasteiger partial charge in [0.05, 0.1) is 27.0 Å². The van der Waals surface area contributed by atoms with Gasteiger partial charge in [0.25, 0.3) is 5.91 Å². The first-order valence-corrected chi connectivity index (χ1v) is 16.4. The third-order valence-electron chi connectivity index (χ3n) is 8.78. The number of anilines is 3. The fourth-order valence-electron chi connectivity index (χ4n) is 6.81. The SMILES string of the molecule is COc1ccc([Si](C)(C)[C@H]2[C@H](CCO)O[C@@]3(C(=O)N(C)c4ccc(N(C=O)c5ccccc5)cc43)[C@@H]2C)cc1. The first kappa shape index (κ1) is 27.1. The predicted octanol–water partition coefficient (Wildman–Crippen LogP) is 4.56. The van der Waals surface area contributed by atoms with E-state index in [0.717, 1.165) is 29.1 Å². The number of ether oxygens (including phenoxy) is 2. The number of rotatable bonds is 8. The van der Waals surface area contributed by atoms with E-state index in [-0.39, 0.29) is 30.1 Å². The molecule has 5 rings (SSSR count). The quantitative estimate of drug-likeness (QED) is 0.332. The van der Waals surface area contributed by atoms with Crippen LogP contribution in [0.1, 0.15) is 18.9 Å². The Morgan fingerprint density at radius 2 is 1.77 bits per heavy atom. The van der Waals surface area contributed by atoms with Gasteiger partial charge >= 0.3 is 0 Å². The molecular weight excluding hydrogens is 508 g/mol. The van der Waals surface area contributed by atoms with Crippen molar-refractivity contribution in [2.45, 2.75) is 43.7 Å². The molecule has 0 radical (unpaired) electrons. The summed E-state index contributed by atoms with van der Waals surface area (Å²) in [6.45, 7) is 6.71. The minimum atomic E-state index is -2.24. The van der Waals surface area contributed by atoms with Crippen LogP contribution in [0.2, 0.25) is 18.6 Å². The molecule has 0 unspecified atom stereocenters. The van der Waals surface area contributed by atoms with Gasteiger partial charge in [0.1, 0.15) is 5.75 Å². The number of carbonyl (C=O) groups is 2. The van der Waals surface area contributed by atoms with Crippen LogP contribution in [-0.4, -0.2) is 52.4 Å². The lowest BCUT2D eigenvalue weighted by atomic mass is 9.82. The van der Waals surface area contributed by atoms with Crippen LogP contribution in [0.5, 0.6) is 5.75 Å². The molecule has 1 N–H and O–H groups in total. The van der Waals surface area contributed by atoms with Crippen LogP contribution in [0, 0.1) is 5.92 Å². The molecule has 7 nitrogen and oxygen atoms in total. The molecule has 2 aliphatic heterocycles. The third-order valence-corrected chi connectivity index (χ3v) is 13.1. The number of methoxy groups -OCH3 is 1. The van der Waals surface area contributed by atoms with E-state index in [1.54, 1.807) is 24.0 Å². The number of benzene rings is 3. The molecule has 1 fully saturated rings. The minimum absolute atomic E-state index is 0.0269. The van der Waals surface area contributed by atoms with Gasteiger partial charge in [-0.2, -0.15) is 0 Å². The smallest absolute Gasteiger partial charge is 0.264 e. The molecule has 8 heteroatoms. The molecule has 3 aromatic carbocycles. The lowest BCUT2D eigenvalue weighted by Gasteiger charge is -2.37. The van der Waals surface area contributed by atoms with E-state index >= 15 is 0 Å².